The molecule has 5 heteroatoms. The lowest BCUT2D eigenvalue weighted by molar-refractivity contribution is 0.0939. The Labute approximate surface area is 96.2 Å². The van der Waals surface area contributed by atoms with Gasteiger partial charge in [0.15, 0.2) is 5.43 Å². The largest absolute Gasteiger partial charge is 0.367 e. The van der Waals surface area contributed by atoms with Gasteiger partial charge in [-0.1, -0.05) is 22.9 Å². The Kier molecular flexibility index (Phi) is 4.55. The molecule has 0 radical (unpaired) electrons. The second kappa shape index (κ2) is 5.70. The third-order valence-corrected chi connectivity index (χ3v) is 2.86. The summed E-state index contributed by atoms with van der Waals surface area (Å²) < 4.78 is 0. The molecule has 1 unspecified atom stereocenters. The fraction of sp³-hybridized carbons (Fsp3) is 0.400. The summed E-state index contributed by atoms with van der Waals surface area (Å²) in [7, 11) is 0. The van der Waals surface area contributed by atoms with E-state index in [1.807, 2.05) is 6.92 Å². The molecule has 1 amide bonds. The van der Waals surface area contributed by atoms with Crippen molar-refractivity contribution >= 4 is 21.8 Å². The van der Waals surface area contributed by atoms with Crippen LogP contribution >= 0.6 is 15.9 Å². The molecule has 1 rings (SSSR count). The first-order chi connectivity index (χ1) is 7.19. The van der Waals surface area contributed by atoms with Gasteiger partial charge in [-0.2, -0.15) is 0 Å². The monoisotopic (exact) mass is 272 g/mol. The highest BCUT2D eigenvalue weighted by Crippen LogP contribution is 1.98. The van der Waals surface area contributed by atoms with Crippen LogP contribution in [-0.2, 0) is 0 Å². The maximum absolute atomic E-state index is 11.6. The highest BCUT2D eigenvalue weighted by Gasteiger charge is 2.13. The van der Waals surface area contributed by atoms with Crippen LogP contribution in [0.2, 0.25) is 0 Å². The average molecular weight is 273 g/mol. The second-order valence-electron chi connectivity index (χ2n) is 3.16. The number of carbonyl (C=O) groups is 1. The number of hydrogen-bond acceptors (Lipinski definition) is 2. The van der Waals surface area contributed by atoms with Gasteiger partial charge in [0.1, 0.15) is 5.56 Å². The Balaban J connectivity index is 2.78. The topological polar surface area (TPSA) is 62.0 Å². The van der Waals surface area contributed by atoms with Crippen molar-refractivity contribution in [3.63, 3.8) is 0 Å². The van der Waals surface area contributed by atoms with E-state index < -0.39 is 0 Å². The maximum Gasteiger partial charge on any atom is 0.256 e. The van der Waals surface area contributed by atoms with Crippen molar-refractivity contribution in [3.8, 4) is 0 Å². The molecule has 1 aromatic rings. The normalized spacial score (nSPS) is 12.1. The lowest BCUT2D eigenvalue weighted by Crippen LogP contribution is -2.37. The van der Waals surface area contributed by atoms with Gasteiger partial charge in [0, 0.05) is 29.8 Å². The number of H-pyrrole nitrogens is 1. The van der Waals surface area contributed by atoms with Crippen molar-refractivity contribution in [2.45, 2.75) is 19.4 Å². The quantitative estimate of drug-likeness (QED) is 0.812. The van der Waals surface area contributed by atoms with Crippen molar-refractivity contribution in [1.29, 1.82) is 0 Å². The maximum atomic E-state index is 11.6. The van der Waals surface area contributed by atoms with Gasteiger partial charge in [0.05, 0.1) is 0 Å². The number of pyridine rings is 1. The fourth-order valence-corrected chi connectivity index (χ4v) is 1.73. The van der Waals surface area contributed by atoms with Gasteiger partial charge in [-0.05, 0) is 6.42 Å². The van der Waals surface area contributed by atoms with E-state index in [0.717, 1.165) is 6.42 Å². The number of alkyl halides is 1. The summed E-state index contributed by atoms with van der Waals surface area (Å²) >= 11 is 3.29. The number of nitrogens with one attached hydrogen (secondary N) is 2. The summed E-state index contributed by atoms with van der Waals surface area (Å²) in [6.07, 6.45) is 3.74. The minimum absolute atomic E-state index is 0.0529. The molecule has 0 aliphatic carbocycles. The van der Waals surface area contributed by atoms with Gasteiger partial charge >= 0.3 is 0 Å². The van der Waals surface area contributed by atoms with Gasteiger partial charge in [0.25, 0.3) is 5.91 Å². The van der Waals surface area contributed by atoms with Crippen LogP contribution in [0, 0.1) is 0 Å². The van der Waals surface area contributed by atoms with Crippen molar-refractivity contribution in [2.24, 2.45) is 0 Å². The first-order valence-corrected chi connectivity index (χ1v) is 5.85. The van der Waals surface area contributed by atoms with Gasteiger partial charge in [-0.15, -0.1) is 0 Å². The SMILES string of the molecule is CCC(CBr)NC(=O)c1c[nH]ccc1=O. The van der Waals surface area contributed by atoms with Crippen LogP contribution in [0.1, 0.15) is 23.7 Å². The highest BCUT2D eigenvalue weighted by atomic mass is 79.9. The van der Waals surface area contributed by atoms with Crippen LogP contribution in [0.15, 0.2) is 23.3 Å². The molecular formula is C10H13BrN2O2. The Morgan fingerprint density at radius 3 is 2.93 bits per heavy atom. The lowest BCUT2D eigenvalue weighted by Gasteiger charge is -2.13. The zero-order valence-corrected chi connectivity index (χ0v) is 10.0. The van der Waals surface area contributed by atoms with Gasteiger partial charge in [-0.25, -0.2) is 0 Å². The number of halogens is 1. The second-order valence-corrected chi connectivity index (χ2v) is 3.80. The molecule has 0 spiro atoms. The molecular weight excluding hydrogens is 260 g/mol. The summed E-state index contributed by atoms with van der Waals surface area (Å²) in [5.41, 5.74) is -0.118. The molecule has 82 valence electrons. The van der Waals surface area contributed by atoms with E-state index in [2.05, 4.69) is 26.2 Å². The van der Waals surface area contributed by atoms with Crippen LogP contribution in [0.4, 0.5) is 0 Å². The Morgan fingerprint density at radius 1 is 1.67 bits per heavy atom. The molecule has 0 aromatic carbocycles. The van der Waals surface area contributed by atoms with E-state index >= 15 is 0 Å². The average Bonchev–Trinajstić information content (AvgIpc) is 2.26. The lowest BCUT2D eigenvalue weighted by atomic mass is 10.2. The first kappa shape index (κ1) is 12.0. The van der Waals surface area contributed by atoms with E-state index in [-0.39, 0.29) is 22.9 Å². The molecule has 0 saturated heterocycles. The summed E-state index contributed by atoms with van der Waals surface area (Å²) in [6.45, 7) is 1.97. The summed E-state index contributed by atoms with van der Waals surface area (Å²) in [5.74, 6) is -0.330. The van der Waals surface area contributed by atoms with E-state index in [1.165, 1.54) is 18.5 Å². The summed E-state index contributed by atoms with van der Waals surface area (Å²) in [6, 6.07) is 1.39. The molecule has 1 aromatic heterocycles. The van der Waals surface area contributed by atoms with Crippen molar-refractivity contribution in [1.82, 2.24) is 10.3 Å². The summed E-state index contributed by atoms with van der Waals surface area (Å²) in [4.78, 5) is 25.7. The van der Waals surface area contributed by atoms with Crippen LogP contribution < -0.4 is 10.7 Å². The standard InChI is InChI=1S/C10H13BrN2O2/c1-2-7(5-11)13-10(15)8-6-12-4-3-9(8)14/h3-4,6-7H,2,5H2,1H3,(H,12,14)(H,13,15). The molecule has 2 N–H and O–H groups in total. The molecule has 15 heavy (non-hydrogen) atoms. The van der Waals surface area contributed by atoms with Crippen molar-refractivity contribution < 1.29 is 4.79 Å². The zero-order chi connectivity index (χ0) is 11.3. The molecule has 0 aliphatic rings. The van der Waals surface area contributed by atoms with Crippen LogP contribution in [0.3, 0.4) is 0 Å². The molecule has 0 bridgehead atoms. The third kappa shape index (κ3) is 3.20. The smallest absolute Gasteiger partial charge is 0.256 e. The van der Waals surface area contributed by atoms with Crippen LogP contribution in [-0.4, -0.2) is 22.3 Å². The summed E-state index contributed by atoms with van der Waals surface area (Å²) in [5, 5.41) is 3.45. The highest BCUT2D eigenvalue weighted by molar-refractivity contribution is 9.09. The molecule has 0 fully saturated rings. The molecule has 4 nitrogen and oxygen atoms in total. The van der Waals surface area contributed by atoms with E-state index in [0.29, 0.717) is 5.33 Å². The molecule has 1 heterocycles. The number of hydrogen-bond donors (Lipinski definition) is 2. The van der Waals surface area contributed by atoms with Crippen LogP contribution in [0.5, 0.6) is 0 Å². The number of carbonyl (C=O) groups excluding carboxylic acids is 1. The minimum atomic E-state index is -0.330. The van der Waals surface area contributed by atoms with Crippen molar-refractivity contribution in [3.05, 3.63) is 34.2 Å². The number of amides is 1. The number of aromatic amines is 1. The van der Waals surface area contributed by atoms with Gasteiger partial charge in [0.2, 0.25) is 0 Å². The molecule has 0 aliphatic heterocycles. The predicted octanol–water partition coefficient (Wildman–Crippen LogP) is 1.28. The van der Waals surface area contributed by atoms with Gasteiger partial charge < -0.3 is 10.3 Å². The fourth-order valence-electron chi connectivity index (χ4n) is 1.11. The van der Waals surface area contributed by atoms with Crippen LogP contribution in [0.25, 0.3) is 0 Å². The Morgan fingerprint density at radius 2 is 2.40 bits per heavy atom. The number of aromatic nitrogens is 1. The van der Waals surface area contributed by atoms with E-state index in [9.17, 15) is 9.59 Å². The Hall–Kier alpha value is -1.10. The van der Waals surface area contributed by atoms with E-state index in [1.54, 1.807) is 0 Å². The molecule has 0 saturated carbocycles. The third-order valence-electron chi connectivity index (χ3n) is 2.08. The predicted molar refractivity (Wildman–Crippen MR) is 62.4 cm³/mol. The molecule has 1 atom stereocenters. The number of rotatable bonds is 4. The first-order valence-electron chi connectivity index (χ1n) is 4.73. The zero-order valence-electron chi connectivity index (χ0n) is 8.42. The Bertz CT molecular complexity index is 385. The minimum Gasteiger partial charge on any atom is -0.367 e. The van der Waals surface area contributed by atoms with Gasteiger partial charge in [-0.3, -0.25) is 9.59 Å². The van der Waals surface area contributed by atoms with E-state index in [4.69, 9.17) is 0 Å². The van der Waals surface area contributed by atoms with Crippen molar-refractivity contribution in [2.75, 3.05) is 5.33 Å².